The number of rotatable bonds is 5. The average Bonchev–Trinajstić information content (AvgIpc) is 2.90. The number of benzene rings is 1. The van der Waals surface area contributed by atoms with E-state index in [-0.39, 0.29) is 21.7 Å². The average molecular weight is 329 g/mol. The Morgan fingerprint density at radius 1 is 1.50 bits per heavy atom. The number of non-ortho nitro benzene ring substituents is 1. The van der Waals surface area contributed by atoms with Gasteiger partial charge >= 0.3 is 0 Å². The molecule has 0 bridgehead atoms. The number of nitro groups is 1. The summed E-state index contributed by atoms with van der Waals surface area (Å²) in [6.07, 6.45) is 0.679. The fraction of sp³-hybridized carbons (Fsp3) is 0.538. The van der Waals surface area contributed by atoms with Gasteiger partial charge in [-0.15, -0.1) is 0 Å². The fourth-order valence-corrected chi connectivity index (χ4v) is 4.20. The van der Waals surface area contributed by atoms with Crippen LogP contribution in [0.2, 0.25) is 0 Å². The minimum absolute atomic E-state index is 0.0319. The van der Waals surface area contributed by atoms with Crippen LogP contribution in [-0.2, 0) is 10.0 Å². The highest BCUT2D eigenvalue weighted by Crippen LogP contribution is 2.36. The van der Waals surface area contributed by atoms with E-state index in [1.807, 2.05) is 6.92 Å². The Balaban J connectivity index is 2.40. The Kier molecular flexibility index (Phi) is 4.41. The summed E-state index contributed by atoms with van der Waals surface area (Å²) in [6, 6.07) is 3.49. The largest absolute Gasteiger partial charge is 0.495 e. The van der Waals surface area contributed by atoms with Crippen molar-refractivity contribution in [1.29, 1.82) is 0 Å². The van der Waals surface area contributed by atoms with Crippen LogP contribution in [0.15, 0.2) is 23.1 Å². The molecule has 0 amide bonds. The van der Waals surface area contributed by atoms with Gasteiger partial charge in [-0.2, -0.15) is 4.31 Å². The van der Waals surface area contributed by atoms with Gasteiger partial charge in [0.15, 0.2) is 0 Å². The Labute approximate surface area is 129 Å². The predicted molar refractivity (Wildman–Crippen MR) is 80.2 cm³/mol. The Morgan fingerprint density at radius 2 is 2.18 bits per heavy atom. The lowest BCUT2D eigenvalue weighted by Crippen LogP contribution is -2.34. The van der Waals surface area contributed by atoms with Crippen LogP contribution in [0.25, 0.3) is 0 Å². The first kappa shape index (κ1) is 16.7. The number of nitrogens with zero attached hydrogens (tertiary/aromatic N) is 2. The Morgan fingerprint density at radius 3 is 2.68 bits per heavy atom. The number of methoxy groups -OCH3 is 1. The van der Waals surface area contributed by atoms with Gasteiger partial charge < -0.3 is 10.5 Å². The molecule has 1 unspecified atom stereocenters. The molecule has 1 aliphatic rings. The van der Waals surface area contributed by atoms with Crippen molar-refractivity contribution in [3.8, 4) is 5.75 Å². The standard InChI is InChI=1S/C13H19N3O5S/c1-13(8-14)5-6-15(9-13)22(19,20)12-4-3-10(16(17)18)7-11(12)21-2/h3-4,7H,5-6,8-9,14H2,1-2H3. The van der Waals surface area contributed by atoms with Crippen LogP contribution in [0.1, 0.15) is 13.3 Å². The second-order valence-electron chi connectivity index (χ2n) is 5.70. The highest BCUT2D eigenvalue weighted by Gasteiger charge is 2.40. The summed E-state index contributed by atoms with van der Waals surface area (Å²) in [5, 5.41) is 10.8. The van der Waals surface area contributed by atoms with Crippen molar-refractivity contribution in [3.63, 3.8) is 0 Å². The highest BCUT2D eigenvalue weighted by atomic mass is 32.2. The zero-order chi connectivity index (χ0) is 16.5. The Bertz CT molecular complexity index is 691. The second-order valence-corrected chi connectivity index (χ2v) is 7.60. The molecule has 0 spiro atoms. The molecule has 0 saturated carbocycles. The summed E-state index contributed by atoms with van der Waals surface area (Å²) >= 11 is 0. The fourth-order valence-electron chi connectivity index (χ4n) is 2.47. The summed E-state index contributed by atoms with van der Waals surface area (Å²) in [6.45, 7) is 3.04. The molecule has 1 aliphatic heterocycles. The van der Waals surface area contributed by atoms with Gasteiger partial charge in [0.1, 0.15) is 10.6 Å². The van der Waals surface area contributed by atoms with Crippen LogP contribution in [-0.4, -0.2) is 44.4 Å². The van der Waals surface area contributed by atoms with E-state index in [0.717, 1.165) is 12.1 Å². The van der Waals surface area contributed by atoms with E-state index in [1.54, 1.807) is 0 Å². The molecule has 2 N–H and O–H groups in total. The molecule has 1 aromatic rings. The lowest BCUT2D eigenvalue weighted by Gasteiger charge is -2.22. The topological polar surface area (TPSA) is 116 Å². The van der Waals surface area contributed by atoms with Crippen molar-refractivity contribution >= 4 is 15.7 Å². The molecule has 122 valence electrons. The summed E-state index contributed by atoms with van der Waals surface area (Å²) in [4.78, 5) is 10.1. The van der Waals surface area contributed by atoms with Crippen LogP contribution in [0.4, 0.5) is 5.69 Å². The second kappa shape index (κ2) is 5.82. The lowest BCUT2D eigenvalue weighted by atomic mass is 9.90. The molecule has 0 aromatic heterocycles. The van der Waals surface area contributed by atoms with Crippen molar-refractivity contribution in [3.05, 3.63) is 28.3 Å². The lowest BCUT2D eigenvalue weighted by molar-refractivity contribution is -0.385. The highest BCUT2D eigenvalue weighted by molar-refractivity contribution is 7.89. The maximum Gasteiger partial charge on any atom is 0.273 e. The summed E-state index contributed by atoms with van der Waals surface area (Å²) in [7, 11) is -2.49. The number of ether oxygens (including phenoxy) is 1. The molecule has 8 nitrogen and oxygen atoms in total. The smallest absolute Gasteiger partial charge is 0.273 e. The van der Waals surface area contributed by atoms with Crippen molar-refractivity contribution in [2.45, 2.75) is 18.2 Å². The van der Waals surface area contributed by atoms with Gasteiger partial charge in [0.2, 0.25) is 10.0 Å². The molecule has 0 aliphatic carbocycles. The van der Waals surface area contributed by atoms with Crippen LogP contribution in [0.3, 0.4) is 0 Å². The Hall–Kier alpha value is -1.71. The molecule has 1 aromatic carbocycles. The van der Waals surface area contributed by atoms with Gasteiger partial charge in [0.05, 0.1) is 18.1 Å². The quantitative estimate of drug-likeness (QED) is 0.635. The number of nitrogens with two attached hydrogens (primary N) is 1. The number of hydrogen-bond donors (Lipinski definition) is 1. The van der Waals surface area contributed by atoms with E-state index in [4.69, 9.17) is 10.5 Å². The van der Waals surface area contributed by atoms with Crippen LogP contribution in [0, 0.1) is 15.5 Å². The monoisotopic (exact) mass is 329 g/mol. The van der Waals surface area contributed by atoms with Crippen molar-refractivity contribution in [1.82, 2.24) is 4.31 Å². The summed E-state index contributed by atoms with van der Waals surface area (Å²) < 4.78 is 31.8. The zero-order valence-electron chi connectivity index (χ0n) is 12.5. The van der Waals surface area contributed by atoms with E-state index in [9.17, 15) is 18.5 Å². The van der Waals surface area contributed by atoms with Gasteiger partial charge in [-0.1, -0.05) is 6.92 Å². The third-order valence-corrected chi connectivity index (χ3v) is 5.88. The third-order valence-electron chi connectivity index (χ3n) is 3.99. The minimum atomic E-state index is -3.77. The van der Waals surface area contributed by atoms with Gasteiger partial charge in [-0.3, -0.25) is 10.1 Å². The molecule has 1 saturated heterocycles. The molecule has 1 heterocycles. The normalized spacial score (nSPS) is 22.7. The first-order chi connectivity index (χ1) is 10.2. The SMILES string of the molecule is COc1cc([N+](=O)[O-])ccc1S(=O)(=O)N1CCC(C)(CN)C1. The summed E-state index contributed by atoms with van der Waals surface area (Å²) in [5.74, 6) is -0.0319. The molecule has 9 heteroatoms. The van der Waals surface area contributed by atoms with Crippen LogP contribution >= 0.6 is 0 Å². The van der Waals surface area contributed by atoms with Gasteiger partial charge in [-0.05, 0) is 24.4 Å². The molecule has 22 heavy (non-hydrogen) atoms. The molecule has 1 atom stereocenters. The van der Waals surface area contributed by atoms with E-state index >= 15 is 0 Å². The summed E-state index contributed by atoms with van der Waals surface area (Å²) in [5.41, 5.74) is 5.23. The van der Waals surface area contributed by atoms with Crippen LogP contribution in [0.5, 0.6) is 5.75 Å². The van der Waals surface area contributed by atoms with E-state index < -0.39 is 14.9 Å². The molecular weight excluding hydrogens is 310 g/mol. The van der Waals surface area contributed by atoms with Gasteiger partial charge in [0, 0.05) is 19.2 Å². The first-order valence-corrected chi connectivity index (χ1v) is 8.20. The predicted octanol–water partition coefficient (Wildman–Crippen LogP) is 0.963. The van der Waals surface area contributed by atoms with E-state index in [2.05, 4.69) is 0 Å². The number of hydrogen-bond acceptors (Lipinski definition) is 6. The molecular formula is C13H19N3O5S. The van der Waals surface area contributed by atoms with Crippen molar-refractivity contribution < 1.29 is 18.1 Å². The van der Waals surface area contributed by atoms with E-state index in [0.29, 0.717) is 26.1 Å². The van der Waals surface area contributed by atoms with Crippen molar-refractivity contribution in [2.24, 2.45) is 11.1 Å². The maximum absolute atomic E-state index is 12.7. The molecule has 0 radical (unpaired) electrons. The third kappa shape index (κ3) is 2.92. The van der Waals surface area contributed by atoms with Gasteiger partial charge in [0.25, 0.3) is 5.69 Å². The molecule has 2 rings (SSSR count). The molecule has 1 fully saturated rings. The maximum atomic E-state index is 12.7. The van der Waals surface area contributed by atoms with Crippen LogP contribution < -0.4 is 10.5 Å². The van der Waals surface area contributed by atoms with E-state index in [1.165, 1.54) is 17.5 Å². The number of nitro benzene ring substituents is 1. The zero-order valence-corrected chi connectivity index (χ0v) is 13.3. The number of sulfonamides is 1. The van der Waals surface area contributed by atoms with Gasteiger partial charge in [-0.25, -0.2) is 8.42 Å². The van der Waals surface area contributed by atoms with Crippen molar-refractivity contribution in [2.75, 3.05) is 26.7 Å². The minimum Gasteiger partial charge on any atom is -0.495 e. The first-order valence-electron chi connectivity index (χ1n) is 6.76.